The lowest BCUT2D eigenvalue weighted by Gasteiger charge is -2.03. The smallest absolute Gasteiger partial charge is 0.208 e. The van der Waals surface area contributed by atoms with Gasteiger partial charge >= 0.3 is 0 Å². The second-order valence-electron chi connectivity index (χ2n) is 4.10. The third kappa shape index (κ3) is 4.29. The molecule has 2 heterocycles. The predicted molar refractivity (Wildman–Crippen MR) is 82.8 cm³/mol. The van der Waals surface area contributed by atoms with Gasteiger partial charge in [0, 0.05) is 26.3 Å². The zero-order chi connectivity index (χ0) is 13.7. The Morgan fingerprint density at radius 3 is 2.89 bits per heavy atom. The van der Waals surface area contributed by atoms with Crippen molar-refractivity contribution in [1.82, 2.24) is 10.2 Å². The highest BCUT2D eigenvalue weighted by Crippen LogP contribution is 2.27. The van der Waals surface area contributed by atoms with Crippen LogP contribution in [0.5, 0.6) is 0 Å². The van der Waals surface area contributed by atoms with Gasteiger partial charge in [-0.25, -0.2) is 0 Å². The summed E-state index contributed by atoms with van der Waals surface area (Å²) in [6.45, 7) is 0. The first-order valence-electron chi connectivity index (χ1n) is 5.87. The van der Waals surface area contributed by atoms with Gasteiger partial charge in [0.05, 0.1) is 4.88 Å². The molecule has 19 heavy (non-hydrogen) atoms. The minimum absolute atomic E-state index is 0.238. The lowest BCUT2D eigenvalue weighted by Crippen LogP contribution is -2.07. The topological polar surface area (TPSA) is 46.1 Å². The van der Waals surface area contributed by atoms with Gasteiger partial charge < -0.3 is 4.90 Å². The van der Waals surface area contributed by atoms with E-state index in [1.165, 1.54) is 11.3 Å². The van der Waals surface area contributed by atoms with Crippen molar-refractivity contribution in [3.8, 4) is 0 Å². The lowest BCUT2D eigenvalue weighted by molar-refractivity contribution is 0.0986. The number of rotatable bonds is 7. The molecule has 2 aromatic heterocycles. The van der Waals surface area contributed by atoms with E-state index < -0.39 is 0 Å². The molecule has 0 radical (unpaired) electrons. The van der Waals surface area contributed by atoms with Gasteiger partial charge in [-0.2, -0.15) is 0 Å². The number of carbonyl (C=O) groups is 1. The predicted octanol–water partition coefficient (Wildman–Crippen LogP) is 3.42. The summed E-state index contributed by atoms with van der Waals surface area (Å²) in [5, 5.41) is 11.0. The normalized spacial score (nSPS) is 10.6. The molecule has 0 aliphatic heterocycles. The standard InChI is InChI=1S/C12H15N3OS3/c1-15(2)11-13-14-12(19-11)18-8-3-5-9(16)10-6-4-7-17-10/h4,6-7H,3,5,8H2,1-2H3. The van der Waals surface area contributed by atoms with Crippen molar-refractivity contribution in [3.05, 3.63) is 22.4 Å². The molecule has 7 heteroatoms. The maximum absolute atomic E-state index is 11.8. The number of hydrogen-bond donors (Lipinski definition) is 0. The van der Waals surface area contributed by atoms with Crippen molar-refractivity contribution in [2.75, 3.05) is 24.7 Å². The van der Waals surface area contributed by atoms with Crippen LogP contribution in [0.25, 0.3) is 0 Å². The first kappa shape index (κ1) is 14.5. The van der Waals surface area contributed by atoms with Crippen LogP contribution in [-0.2, 0) is 0 Å². The third-order valence-corrected chi connectivity index (χ3v) is 5.57. The van der Waals surface area contributed by atoms with E-state index >= 15 is 0 Å². The summed E-state index contributed by atoms with van der Waals surface area (Å²) in [7, 11) is 3.91. The van der Waals surface area contributed by atoms with Crippen molar-refractivity contribution < 1.29 is 4.79 Å². The third-order valence-electron chi connectivity index (χ3n) is 2.35. The van der Waals surface area contributed by atoms with Crippen LogP contribution < -0.4 is 4.90 Å². The number of thiophene rings is 1. The zero-order valence-electron chi connectivity index (χ0n) is 10.8. The Morgan fingerprint density at radius 2 is 2.26 bits per heavy atom. The highest BCUT2D eigenvalue weighted by molar-refractivity contribution is 8.01. The summed E-state index contributed by atoms with van der Waals surface area (Å²) in [4.78, 5) is 14.6. The monoisotopic (exact) mass is 313 g/mol. The quantitative estimate of drug-likeness (QED) is 0.445. The number of ketones is 1. The van der Waals surface area contributed by atoms with Gasteiger partial charge in [-0.3, -0.25) is 4.79 Å². The molecule has 0 fully saturated rings. The molecule has 0 aromatic carbocycles. The fourth-order valence-electron chi connectivity index (χ4n) is 1.39. The average Bonchev–Trinajstić information content (AvgIpc) is 3.05. The minimum atomic E-state index is 0.238. The fraction of sp³-hybridized carbons (Fsp3) is 0.417. The summed E-state index contributed by atoms with van der Waals surface area (Å²) in [6, 6.07) is 3.80. The van der Waals surface area contributed by atoms with Gasteiger partial charge in [0.1, 0.15) is 0 Å². The van der Waals surface area contributed by atoms with Crippen LogP contribution in [0.4, 0.5) is 5.13 Å². The molecule has 0 saturated carbocycles. The molecule has 0 saturated heterocycles. The van der Waals surface area contributed by atoms with Crippen LogP contribution in [0.15, 0.2) is 21.9 Å². The molecule has 102 valence electrons. The van der Waals surface area contributed by atoms with Crippen LogP contribution in [0.2, 0.25) is 0 Å². The number of Topliss-reactive ketones (excluding diaryl/α,β-unsaturated/α-hetero) is 1. The second-order valence-corrected chi connectivity index (χ2v) is 7.34. The van der Waals surface area contributed by atoms with E-state index in [2.05, 4.69) is 10.2 Å². The van der Waals surface area contributed by atoms with Crippen molar-refractivity contribution in [2.45, 2.75) is 17.2 Å². The molecule has 2 rings (SSSR count). The zero-order valence-corrected chi connectivity index (χ0v) is 13.3. The molecule has 0 aliphatic rings. The van der Waals surface area contributed by atoms with Gasteiger partial charge in [0.25, 0.3) is 0 Å². The number of carbonyl (C=O) groups excluding carboxylic acids is 1. The van der Waals surface area contributed by atoms with Crippen LogP contribution >= 0.6 is 34.4 Å². The lowest BCUT2D eigenvalue weighted by atomic mass is 10.2. The average molecular weight is 313 g/mol. The van der Waals surface area contributed by atoms with Crippen LogP contribution in [0, 0.1) is 0 Å². The molecule has 4 nitrogen and oxygen atoms in total. The van der Waals surface area contributed by atoms with E-state index in [4.69, 9.17) is 0 Å². The molecular formula is C12H15N3OS3. The Balaban J connectivity index is 1.70. The van der Waals surface area contributed by atoms with Crippen LogP contribution in [0.1, 0.15) is 22.5 Å². The Kier molecular flexibility index (Phi) is 5.35. The van der Waals surface area contributed by atoms with Crippen LogP contribution in [-0.4, -0.2) is 35.8 Å². The molecule has 0 N–H and O–H groups in total. The Hall–Kier alpha value is -0.920. The molecule has 0 atom stereocenters. The van der Waals surface area contributed by atoms with Gasteiger partial charge in [-0.15, -0.1) is 21.5 Å². The maximum Gasteiger partial charge on any atom is 0.208 e. The Morgan fingerprint density at radius 1 is 1.42 bits per heavy atom. The Labute approximate surface area is 124 Å². The number of anilines is 1. The SMILES string of the molecule is CN(C)c1nnc(SCCCC(=O)c2cccs2)s1. The second kappa shape index (κ2) is 7.02. The van der Waals surface area contributed by atoms with E-state index in [9.17, 15) is 4.79 Å². The van der Waals surface area contributed by atoms with Gasteiger partial charge in [-0.1, -0.05) is 29.2 Å². The summed E-state index contributed by atoms with van der Waals surface area (Å²) < 4.78 is 0.965. The molecule has 0 unspecified atom stereocenters. The number of aromatic nitrogens is 2. The molecule has 0 bridgehead atoms. The highest BCUT2D eigenvalue weighted by Gasteiger charge is 2.08. The summed E-state index contributed by atoms with van der Waals surface area (Å²) in [6.07, 6.45) is 1.48. The molecule has 0 aliphatic carbocycles. The van der Waals surface area contributed by atoms with Gasteiger partial charge in [0.2, 0.25) is 5.13 Å². The van der Waals surface area contributed by atoms with Crippen molar-refractivity contribution in [3.63, 3.8) is 0 Å². The van der Waals surface area contributed by atoms with E-state index in [-0.39, 0.29) is 5.78 Å². The van der Waals surface area contributed by atoms with E-state index in [1.807, 2.05) is 36.5 Å². The first-order valence-corrected chi connectivity index (χ1v) is 8.55. The number of thioether (sulfide) groups is 1. The van der Waals surface area contributed by atoms with E-state index in [0.29, 0.717) is 6.42 Å². The molecule has 0 spiro atoms. The molecular weight excluding hydrogens is 298 g/mol. The molecule has 0 amide bonds. The summed E-state index contributed by atoms with van der Waals surface area (Å²) in [5.74, 6) is 1.14. The van der Waals surface area contributed by atoms with Gasteiger partial charge in [0.15, 0.2) is 10.1 Å². The van der Waals surface area contributed by atoms with E-state index in [1.54, 1.807) is 23.1 Å². The van der Waals surface area contributed by atoms with Crippen molar-refractivity contribution in [1.29, 1.82) is 0 Å². The Bertz CT molecular complexity index is 522. The minimum Gasteiger partial charge on any atom is -0.353 e. The van der Waals surface area contributed by atoms with Crippen molar-refractivity contribution in [2.24, 2.45) is 0 Å². The van der Waals surface area contributed by atoms with Gasteiger partial charge in [-0.05, 0) is 17.9 Å². The maximum atomic E-state index is 11.8. The summed E-state index contributed by atoms with van der Waals surface area (Å²) >= 11 is 4.76. The highest BCUT2D eigenvalue weighted by atomic mass is 32.2. The molecule has 2 aromatic rings. The first-order chi connectivity index (χ1) is 9.16. The summed E-state index contributed by atoms with van der Waals surface area (Å²) in [5.41, 5.74) is 0. The largest absolute Gasteiger partial charge is 0.353 e. The number of nitrogens with zero attached hydrogens (tertiary/aromatic N) is 3. The van der Waals surface area contributed by atoms with Crippen LogP contribution in [0.3, 0.4) is 0 Å². The van der Waals surface area contributed by atoms with Crippen molar-refractivity contribution >= 4 is 45.4 Å². The number of hydrogen-bond acceptors (Lipinski definition) is 7. The van der Waals surface area contributed by atoms with E-state index in [0.717, 1.165) is 26.5 Å². The fourth-order valence-corrected chi connectivity index (χ4v) is 3.86.